The van der Waals surface area contributed by atoms with Gasteiger partial charge in [0, 0.05) is 37.3 Å². The summed E-state index contributed by atoms with van der Waals surface area (Å²) in [5, 5.41) is 2.61. The number of imidazole rings is 1. The zero-order valence-electron chi connectivity index (χ0n) is 18.5. The van der Waals surface area contributed by atoms with E-state index in [1.807, 2.05) is 12.1 Å². The molecule has 1 saturated heterocycles. The first-order valence-corrected chi connectivity index (χ1v) is 11.2. The van der Waals surface area contributed by atoms with Crippen LogP contribution in [0.4, 0.5) is 18.9 Å². The molecule has 0 radical (unpaired) electrons. The molecule has 4 rings (SSSR count). The lowest BCUT2D eigenvalue weighted by atomic mass is 9.96. The van der Waals surface area contributed by atoms with Crippen LogP contribution in [0.15, 0.2) is 55.0 Å². The fourth-order valence-corrected chi connectivity index (χ4v) is 4.05. The van der Waals surface area contributed by atoms with Crippen molar-refractivity contribution in [2.75, 3.05) is 25.1 Å². The Bertz CT molecular complexity index is 1090. The number of aromatic amines is 1. The third-order valence-corrected chi connectivity index (χ3v) is 5.82. The number of amides is 1. The maximum Gasteiger partial charge on any atom is 0.416 e. The number of halogens is 3. The number of anilines is 1. The van der Waals surface area contributed by atoms with Crippen molar-refractivity contribution in [1.82, 2.24) is 9.97 Å². The van der Waals surface area contributed by atoms with Gasteiger partial charge in [-0.2, -0.15) is 13.2 Å². The summed E-state index contributed by atoms with van der Waals surface area (Å²) >= 11 is 0. The van der Waals surface area contributed by atoms with E-state index in [1.54, 1.807) is 24.7 Å². The van der Waals surface area contributed by atoms with Gasteiger partial charge in [0.1, 0.15) is 5.75 Å². The standard InChI is InChI=1S/C25H26F3N3O3/c26-25(27,28)21-14-19(31-24(32)13-17-7-10-33-11-8-17)6-5-18(21)9-12-34-23-4-2-1-3-20(23)22-15-29-16-30-22/h1-6,14-17H,7-13H2,(H,29,30)(H,31,32). The second kappa shape index (κ2) is 10.7. The van der Waals surface area contributed by atoms with Gasteiger partial charge in [0.2, 0.25) is 5.91 Å². The molecule has 3 aromatic rings. The van der Waals surface area contributed by atoms with Gasteiger partial charge in [0.25, 0.3) is 0 Å². The number of nitrogens with one attached hydrogen (secondary N) is 2. The van der Waals surface area contributed by atoms with E-state index in [2.05, 4.69) is 15.3 Å². The van der Waals surface area contributed by atoms with Gasteiger partial charge >= 0.3 is 6.18 Å². The first-order valence-electron chi connectivity index (χ1n) is 11.2. The number of benzene rings is 2. The molecule has 34 heavy (non-hydrogen) atoms. The van der Waals surface area contributed by atoms with Crippen LogP contribution in [0.5, 0.6) is 5.75 Å². The van der Waals surface area contributed by atoms with Gasteiger partial charge in [-0.3, -0.25) is 4.79 Å². The van der Waals surface area contributed by atoms with Crippen molar-refractivity contribution in [3.63, 3.8) is 0 Å². The molecule has 0 spiro atoms. The van der Waals surface area contributed by atoms with E-state index in [-0.39, 0.29) is 42.5 Å². The number of alkyl halides is 3. The number of rotatable bonds is 8. The third-order valence-electron chi connectivity index (χ3n) is 5.82. The van der Waals surface area contributed by atoms with Crippen LogP contribution in [0.25, 0.3) is 11.3 Å². The molecule has 2 heterocycles. The van der Waals surface area contributed by atoms with Gasteiger partial charge in [-0.1, -0.05) is 18.2 Å². The molecule has 1 aliphatic heterocycles. The van der Waals surface area contributed by atoms with E-state index in [1.165, 1.54) is 12.1 Å². The highest BCUT2D eigenvalue weighted by Gasteiger charge is 2.33. The Labute approximate surface area is 195 Å². The molecule has 6 nitrogen and oxygen atoms in total. The van der Waals surface area contributed by atoms with Crippen LogP contribution >= 0.6 is 0 Å². The quantitative estimate of drug-likeness (QED) is 0.455. The second-order valence-corrected chi connectivity index (χ2v) is 8.24. The Morgan fingerprint density at radius 3 is 2.71 bits per heavy atom. The third kappa shape index (κ3) is 6.17. The summed E-state index contributed by atoms with van der Waals surface area (Å²) in [6.07, 6.45) is 0.543. The lowest BCUT2D eigenvalue weighted by Crippen LogP contribution is -2.22. The van der Waals surface area contributed by atoms with Crippen molar-refractivity contribution in [1.29, 1.82) is 0 Å². The largest absolute Gasteiger partial charge is 0.493 e. The summed E-state index contributed by atoms with van der Waals surface area (Å²) in [7, 11) is 0. The zero-order valence-corrected chi connectivity index (χ0v) is 18.5. The summed E-state index contributed by atoms with van der Waals surface area (Å²) in [6.45, 7) is 1.28. The van der Waals surface area contributed by atoms with E-state index in [0.717, 1.165) is 30.2 Å². The van der Waals surface area contributed by atoms with Crippen molar-refractivity contribution in [2.45, 2.75) is 31.9 Å². The molecule has 0 atom stereocenters. The van der Waals surface area contributed by atoms with E-state index >= 15 is 0 Å². The van der Waals surface area contributed by atoms with Gasteiger partial charge in [-0.15, -0.1) is 0 Å². The van der Waals surface area contributed by atoms with E-state index in [0.29, 0.717) is 19.0 Å². The minimum Gasteiger partial charge on any atom is -0.493 e. The smallest absolute Gasteiger partial charge is 0.416 e. The number of hydrogen-bond donors (Lipinski definition) is 2. The Hall–Kier alpha value is -3.33. The molecule has 0 saturated carbocycles. The minimum absolute atomic E-state index is 0.0580. The Morgan fingerprint density at radius 1 is 1.18 bits per heavy atom. The minimum atomic E-state index is -4.55. The van der Waals surface area contributed by atoms with Gasteiger partial charge in [0.15, 0.2) is 0 Å². The Kier molecular flexibility index (Phi) is 7.52. The summed E-state index contributed by atoms with van der Waals surface area (Å²) in [6, 6.07) is 11.2. The first-order chi connectivity index (χ1) is 16.4. The normalized spacial score (nSPS) is 14.7. The molecule has 2 aromatic carbocycles. The van der Waals surface area contributed by atoms with Crippen molar-refractivity contribution >= 4 is 11.6 Å². The SMILES string of the molecule is O=C(CC1CCOCC1)Nc1ccc(CCOc2ccccc2-c2cnc[nH]2)c(C(F)(F)F)c1. The number of H-pyrrole nitrogens is 1. The van der Waals surface area contributed by atoms with Crippen molar-refractivity contribution in [3.8, 4) is 17.0 Å². The summed E-state index contributed by atoms with van der Waals surface area (Å²) in [5.74, 6) is 0.459. The average molecular weight is 473 g/mol. The fourth-order valence-electron chi connectivity index (χ4n) is 4.05. The molecule has 1 aliphatic rings. The van der Waals surface area contributed by atoms with Crippen LogP contribution in [0.2, 0.25) is 0 Å². The number of para-hydroxylation sites is 1. The first kappa shape index (κ1) is 23.8. The second-order valence-electron chi connectivity index (χ2n) is 8.24. The average Bonchev–Trinajstić information content (AvgIpc) is 3.35. The molecule has 9 heteroatoms. The van der Waals surface area contributed by atoms with Crippen molar-refractivity contribution < 1.29 is 27.4 Å². The van der Waals surface area contributed by atoms with Crippen molar-refractivity contribution in [2.24, 2.45) is 5.92 Å². The number of nitrogens with zero attached hydrogens (tertiary/aromatic N) is 1. The zero-order chi connectivity index (χ0) is 24.0. The number of aromatic nitrogens is 2. The van der Waals surface area contributed by atoms with Gasteiger partial charge in [-0.05, 0) is 48.6 Å². The molecule has 2 N–H and O–H groups in total. The molecular formula is C25H26F3N3O3. The van der Waals surface area contributed by atoms with E-state index in [4.69, 9.17) is 9.47 Å². The summed E-state index contributed by atoms with van der Waals surface area (Å²) in [5.41, 5.74) is 1.00. The highest BCUT2D eigenvalue weighted by atomic mass is 19.4. The predicted octanol–water partition coefficient (Wildman–Crippen LogP) is 5.47. The number of ether oxygens (including phenoxy) is 2. The highest BCUT2D eigenvalue weighted by molar-refractivity contribution is 5.91. The van der Waals surface area contributed by atoms with Gasteiger partial charge < -0.3 is 19.8 Å². The lowest BCUT2D eigenvalue weighted by molar-refractivity contribution is -0.138. The topological polar surface area (TPSA) is 76.2 Å². The molecule has 1 fully saturated rings. The maximum absolute atomic E-state index is 13.8. The molecule has 0 unspecified atom stereocenters. The van der Waals surface area contributed by atoms with Crippen LogP contribution in [-0.4, -0.2) is 35.7 Å². The number of hydrogen-bond acceptors (Lipinski definition) is 4. The molecular weight excluding hydrogens is 447 g/mol. The lowest BCUT2D eigenvalue weighted by Gasteiger charge is -2.21. The molecule has 0 aliphatic carbocycles. The molecule has 180 valence electrons. The Balaban J connectivity index is 1.41. The van der Waals surface area contributed by atoms with E-state index in [9.17, 15) is 18.0 Å². The molecule has 1 amide bonds. The monoisotopic (exact) mass is 473 g/mol. The van der Waals surface area contributed by atoms with Crippen LogP contribution in [0, 0.1) is 5.92 Å². The molecule has 0 bridgehead atoms. The van der Waals surface area contributed by atoms with Crippen LogP contribution in [0.3, 0.4) is 0 Å². The maximum atomic E-state index is 13.8. The summed E-state index contributed by atoms with van der Waals surface area (Å²) in [4.78, 5) is 19.3. The Morgan fingerprint density at radius 2 is 1.97 bits per heavy atom. The van der Waals surface area contributed by atoms with Crippen LogP contribution in [0.1, 0.15) is 30.4 Å². The number of carbonyl (C=O) groups is 1. The van der Waals surface area contributed by atoms with Crippen molar-refractivity contribution in [3.05, 3.63) is 66.1 Å². The summed E-state index contributed by atoms with van der Waals surface area (Å²) < 4.78 is 52.4. The number of carbonyl (C=O) groups excluding carboxylic acids is 1. The highest BCUT2D eigenvalue weighted by Crippen LogP contribution is 2.35. The van der Waals surface area contributed by atoms with E-state index < -0.39 is 11.7 Å². The van der Waals surface area contributed by atoms with Gasteiger partial charge in [-0.25, -0.2) is 4.98 Å². The predicted molar refractivity (Wildman–Crippen MR) is 121 cm³/mol. The fraction of sp³-hybridized carbons (Fsp3) is 0.360. The van der Waals surface area contributed by atoms with Crippen LogP contribution in [-0.2, 0) is 22.1 Å². The van der Waals surface area contributed by atoms with Gasteiger partial charge in [0.05, 0.1) is 30.4 Å². The molecule has 1 aromatic heterocycles. The van der Waals surface area contributed by atoms with Crippen LogP contribution < -0.4 is 10.1 Å².